The fourth-order valence-electron chi connectivity index (χ4n) is 3.65. The number of hydrogen-bond acceptors (Lipinski definition) is 5. The first-order chi connectivity index (χ1) is 13.2. The Labute approximate surface area is 159 Å². The lowest BCUT2D eigenvalue weighted by atomic mass is 9.87. The maximum absolute atomic E-state index is 9.89. The normalized spacial score (nSPS) is 14.6. The number of aromatic amines is 1. The Morgan fingerprint density at radius 3 is 2.26 bits per heavy atom. The monoisotopic (exact) mass is 357 g/mol. The standard InChI is InChI=1S/C21H20N6/c22-12-16(11-15-7-3-1-4-8-15)19-17(13-23)20(25)26-21(18(19)14-24)27-9-5-2-6-10-27/h1,3-4,7-8,16H,2,5-6,9-11H2,(H2,25,26)/p+1/t16-/m1/s1. The summed E-state index contributed by atoms with van der Waals surface area (Å²) in [5.74, 6) is 0.203. The van der Waals surface area contributed by atoms with Crippen molar-refractivity contribution in [1.82, 2.24) is 0 Å². The molecular formula is C21H21N6+. The third kappa shape index (κ3) is 3.68. The molecule has 1 fully saturated rings. The quantitative estimate of drug-likeness (QED) is 0.903. The lowest BCUT2D eigenvalue weighted by Crippen LogP contribution is -2.36. The fraction of sp³-hybridized carbons (Fsp3) is 0.333. The van der Waals surface area contributed by atoms with E-state index in [1.165, 1.54) is 0 Å². The van der Waals surface area contributed by atoms with Crippen LogP contribution in [0.3, 0.4) is 0 Å². The van der Waals surface area contributed by atoms with Crippen LogP contribution in [0.1, 0.15) is 47.4 Å². The number of H-pyrrole nitrogens is 1. The van der Waals surface area contributed by atoms with Crippen molar-refractivity contribution in [3.05, 3.63) is 52.6 Å². The van der Waals surface area contributed by atoms with Crippen LogP contribution >= 0.6 is 0 Å². The number of nitriles is 3. The van der Waals surface area contributed by atoms with Gasteiger partial charge in [-0.2, -0.15) is 15.8 Å². The maximum atomic E-state index is 9.89. The average Bonchev–Trinajstić information content (AvgIpc) is 2.72. The highest BCUT2D eigenvalue weighted by Crippen LogP contribution is 2.33. The predicted molar refractivity (Wildman–Crippen MR) is 101 cm³/mol. The summed E-state index contributed by atoms with van der Waals surface area (Å²) in [7, 11) is 0. The smallest absolute Gasteiger partial charge is 0.240 e. The van der Waals surface area contributed by atoms with Gasteiger partial charge in [0.2, 0.25) is 11.6 Å². The van der Waals surface area contributed by atoms with Crippen molar-refractivity contribution in [2.75, 3.05) is 23.7 Å². The predicted octanol–water partition coefficient (Wildman–Crippen LogP) is 2.67. The maximum Gasteiger partial charge on any atom is 0.240 e. The van der Waals surface area contributed by atoms with Gasteiger partial charge >= 0.3 is 0 Å². The van der Waals surface area contributed by atoms with Crippen LogP contribution in [0, 0.1) is 34.0 Å². The van der Waals surface area contributed by atoms with Crippen molar-refractivity contribution in [3.8, 4) is 18.2 Å². The summed E-state index contributed by atoms with van der Waals surface area (Å²) in [4.78, 5) is 5.15. The van der Waals surface area contributed by atoms with E-state index >= 15 is 0 Å². The van der Waals surface area contributed by atoms with E-state index in [0.717, 1.165) is 37.9 Å². The van der Waals surface area contributed by atoms with Crippen molar-refractivity contribution in [1.29, 1.82) is 15.8 Å². The molecule has 0 saturated carbocycles. The van der Waals surface area contributed by atoms with Crippen molar-refractivity contribution in [3.63, 3.8) is 0 Å². The molecule has 27 heavy (non-hydrogen) atoms. The third-order valence-corrected chi connectivity index (χ3v) is 4.98. The van der Waals surface area contributed by atoms with Crippen molar-refractivity contribution < 1.29 is 4.98 Å². The second-order valence-electron chi connectivity index (χ2n) is 6.69. The lowest BCUT2D eigenvalue weighted by molar-refractivity contribution is -0.347. The summed E-state index contributed by atoms with van der Waals surface area (Å²) in [6.07, 6.45) is 3.66. The number of aromatic nitrogens is 1. The van der Waals surface area contributed by atoms with Crippen molar-refractivity contribution in [2.24, 2.45) is 0 Å². The van der Waals surface area contributed by atoms with Gasteiger partial charge in [0.05, 0.1) is 25.1 Å². The van der Waals surface area contributed by atoms with Crippen LogP contribution in [-0.4, -0.2) is 13.1 Å². The topological polar surface area (TPSA) is 115 Å². The number of hydrogen-bond donors (Lipinski definition) is 1. The van der Waals surface area contributed by atoms with Crippen LogP contribution < -0.4 is 15.6 Å². The second-order valence-corrected chi connectivity index (χ2v) is 6.69. The van der Waals surface area contributed by atoms with E-state index in [1.807, 2.05) is 30.3 Å². The van der Waals surface area contributed by atoms with E-state index in [0.29, 0.717) is 23.4 Å². The Balaban J connectivity index is 2.14. The molecule has 0 bridgehead atoms. The van der Waals surface area contributed by atoms with Gasteiger partial charge in [-0.25, -0.2) is 4.98 Å². The summed E-state index contributed by atoms with van der Waals surface area (Å²) in [6, 6.07) is 16.2. The minimum absolute atomic E-state index is 0.190. The number of piperidine rings is 1. The number of pyridine rings is 1. The highest BCUT2D eigenvalue weighted by Gasteiger charge is 2.31. The van der Waals surface area contributed by atoms with E-state index in [4.69, 9.17) is 5.73 Å². The Kier molecular flexibility index (Phi) is 5.55. The Bertz CT molecular complexity index is 940. The molecule has 2 heterocycles. The molecule has 0 aliphatic carbocycles. The van der Waals surface area contributed by atoms with Crippen LogP contribution in [0.25, 0.3) is 0 Å². The number of nitrogen functional groups attached to an aromatic ring is 1. The van der Waals surface area contributed by atoms with Gasteiger partial charge < -0.3 is 5.73 Å². The molecule has 3 rings (SSSR count). The molecule has 1 aromatic carbocycles. The van der Waals surface area contributed by atoms with Gasteiger partial charge in [-0.15, -0.1) is 0 Å². The zero-order valence-electron chi connectivity index (χ0n) is 15.1. The van der Waals surface area contributed by atoms with Gasteiger partial charge in [-0.05, 0) is 31.2 Å². The molecular weight excluding hydrogens is 336 g/mol. The van der Waals surface area contributed by atoms with E-state index in [-0.39, 0.29) is 11.4 Å². The third-order valence-electron chi connectivity index (χ3n) is 4.98. The molecule has 2 aromatic rings. The molecule has 0 unspecified atom stereocenters. The molecule has 0 spiro atoms. The molecule has 6 heteroatoms. The van der Waals surface area contributed by atoms with Gasteiger partial charge in [0.25, 0.3) is 0 Å². The summed E-state index contributed by atoms with van der Waals surface area (Å²) in [5.41, 5.74) is 8.08. The highest BCUT2D eigenvalue weighted by atomic mass is 15.2. The first-order valence-corrected chi connectivity index (χ1v) is 9.07. The second kappa shape index (κ2) is 8.21. The molecule has 1 aliphatic heterocycles. The molecule has 6 nitrogen and oxygen atoms in total. The van der Waals surface area contributed by atoms with Gasteiger partial charge in [0.15, 0.2) is 0 Å². The number of nitrogens with zero attached hydrogens (tertiary/aromatic N) is 4. The molecule has 0 amide bonds. The summed E-state index contributed by atoms with van der Waals surface area (Å²) in [5, 5.41) is 29.4. The molecule has 134 valence electrons. The largest absolute Gasteiger partial charge is 0.318 e. The Morgan fingerprint density at radius 1 is 1.00 bits per heavy atom. The average molecular weight is 357 g/mol. The number of nitrogens with one attached hydrogen (secondary N) is 1. The van der Waals surface area contributed by atoms with Crippen LogP contribution in [0.4, 0.5) is 11.6 Å². The number of nitrogens with two attached hydrogens (primary N) is 1. The van der Waals surface area contributed by atoms with Gasteiger partial charge in [-0.1, -0.05) is 30.3 Å². The fourth-order valence-corrected chi connectivity index (χ4v) is 3.65. The van der Waals surface area contributed by atoms with E-state index in [9.17, 15) is 15.8 Å². The van der Waals surface area contributed by atoms with E-state index in [1.54, 1.807) is 0 Å². The lowest BCUT2D eigenvalue weighted by Gasteiger charge is -2.25. The first kappa shape index (κ1) is 18.2. The summed E-state index contributed by atoms with van der Waals surface area (Å²) < 4.78 is 0. The molecule has 1 saturated heterocycles. The van der Waals surface area contributed by atoms with Gasteiger partial charge in [0.1, 0.15) is 23.3 Å². The molecule has 1 aromatic heterocycles. The van der Waals surface area contributed by atoms with E-state index < -0.39 is 5.92 Å². The molecule has 3 N–H and O–H groups in total. The zero-order valence-corrected chi connectivity index (χ0v) is 15.1. The Morgan fingerprint density at radius 2 is 1.67 bits per heavy atom. The van der Waals surface area contributed by atoms with Gasteiger partial charge in [0, 0.05) is 5.56 Å². The molecule has 0 radical (unpaired) electrons. The summed E-state index contributed by atoms with van der Waals surface area (Å²) in [6.45, 7) is 1.65. The minimum atomic E-state index is -0.628. The molecule has 1 aliphatic rings. The van der Waals surface area contributed by atoms with Crippen LogP contribution in [0.15, 0.2) is 30.3 Å². The van der Waals surface area contributed by atoms with Gasteiger partial charge in [-0.3, -0.25) is 4.90 Å². The highest BCUT2D eigenvalue weighted by molar-refractivity contribution is 5.66. The van der Waals surface area contributed by atoms with Crippen LogP contribution in [0.5, 0.6) is 0 Å². The van der Waals surface area contributed by atoms with E-state index in [2.05, 4.69) is 28.1 Å². The number of anilines is 2. The van der Waals surface area contributed by atoms with Crippen molar-refractivity contribution in [2.45, 2.75) is 31.6 Å². The van der Waals surface area contributed by atoms with Crippen molar-refractivity contribution >= 4 is 11.6 Å². The molecule has 1 atom stereocenters. The Hall–Kier alpha value is -3.56. The SMILES string of the molecule is N#Cc1c(N)[nH+]c(N2CCCCC2)c(C#N)c1[C@@H](C#N)Cc1ccccc1. The number of rotatable bonds is 4. The number of benzene rings is 1. The summed E-state index contributed by atoms with van der Waals surface area (Å²) >= 11 is 0. The van der Waals surface area contributed by atoms with Crippen LogP contribution in [0.2, 0.25) is 0 Å². The minimum Gasteiger partial charge on any atom is -0.318 e. The van der Waals surface area contributed by atoms with Crippen LogP contribution in [-0.2, 0) is 6.42 Å². The first-order valence-electron chi connectivity index (χ1n) is 9.07. The zero-order chi connectivity index (χ0) is 19.2.